The number of hydroxylamine groups is 4. The van der Waals surface area contributed by atoms with Gasteiger partial charge in [0.2, 0.25) is 12.8 Å². The highest BCUT2D eigenvalue weighted by Gasteiger charge is 2.49. The van der Waals surface area contributed by atoms with Crippen LogP contribution in [-0.4, -0.2) is 80.1 Å². The summed E-state index contributed by atoms with van der Waals surface area (Å²) in [6.07, 6.45) is 9.32. The number of carbonyl (C=O) groups is 2. The summed E-state index contributed by atoms with van der Waals surface area (Å²) in [5.41, 5.74) is 1.15. The van der Waals surface area contributed by atoms with Crippen LogP contribution in [0.15, 0.2) is 48.5 Å². The average molecular weight is 732 g/mol. The predicted octanol–water partition coefficient (Wildman–Crippen LogP) is 9.08. The van der Waals surface area contributed by atoms with E-state index in [9.17, 15) is 9.59 Å². The van der Waals surface area contributed by atoms with Crippen LogP contribution in [0.1, 0.15) is 118 Å². The van der Waals surface area contributed by atoms with Gasteiger partial charge in [-0.2, -0.15) is 10.1 Å². The fourth-order valence-electron chi connectivity index (χ4n) is 8.61. The van der Waals surface area contributed by atoms with E-state index in [0.717, 1.165) is 88.4 Å². The van der Waals surface area contributed by atoms with Gasteiger partial charge >= 0.3 is 0 Å². The number of nitrogens with zero attached hydrogens (tertiary/aromatic N) is 4. The molecule has 2 aliphatic heterocycles. The highest BCUT2D eigenvalue weighted by atomic mass is 35.5. The molecule has 50 heavy (non-hydrogen) atoms. The zero-order valence-electron chi connectivity index (χ0n) is 31.6. The van der Waals surface area contributed by atoms with Crippen LogP contribution >= 0.6 is 23.2 Å². The molecule has 2 amide bonds. The first-order chi connectivity index (χ1) is 23.5. The van der Waals surface area contributed by atoms with E-state index in [2.05, 4.69) is 65.5 Å². The minimum atomic E-state index is -0.250. The number of carbonyl (C=O) groups excluding carboxylic acids is 2. The Labute approximate surface area is 311 Å². The van der Waals surface area contributed by atoms with E-state index < -0.39 is 0 Å². The molecule has 0 aromatic heterocycles. The van der Waals surface area contributed by atoms with Crippen molar-refractivity contribution in [2.45, 2.75) is 154 Å². The van der Waals surface area contributed by atoms with Crippen LogP contribution in [0.2, 0.25) is 10.0 Å². The third-order valence-electron chi connectivity index (χ3n) is 10.5. The minimum Gasteiger partial charge on any atom is -0.342 e. The molecule has 0 N–H and O–H groups in total. The highest BCUT2D eigenvalue weighted by molar-refractivity contribution is 6.30. The minimum absolute atomic E-state index is 0.145. The monoisotopic (exact) mass is 730 g/mol. The molecule has 0 spiro atoms. The number of rotatable bonds is 17. The largest absolute Gasteiger partial charge is 0.342 e. The van der Waals surface area contributed by atoms with Gasteiger partial charge < -0.3 is 9.80 Å². The second-order valence-electron chi connectivity index (χ2n) is 16.9. The molecule has 2 saturated heterocycles. The van der Waals surface area contributed by atoms with Gasteiger partial charge in [0.15, 0.2) is 0 Å². The van der Waals surface area contributed by atoms with Crippen molar-refractivity contribution in [2.75, 3.05) is 13.1 Å². The second kappa shape index (κ2) is 17.1. The van der Waals surface area contributed by atoms with Gasteiger partial charge in [0.1, 0.15) is 0 Å². The quantitative estimate of drug-likeness (QED) is 0.120. The Balaban J connectivity index is 1.21. The lowest BCUT2D eigenvalue weighted by Gasteiger charge is -2.55. The first kappa shape index (κ1) is 40.6. The van der Waals surface area contributed by atoms with Crippen molar-refractivity contribution >= 4 is 36.0 Å². The summed E-state index contributed by atoms with van der Waals surface area (Å²) in [7, 11) is 0. The molecule has 8 nitrogen and oxygen atoms in total. The molecule has 0 saturated carbocycles. The van der Waals surface area contributed by atoms with Crippen LogP contribution in [0, 0.1) is 0 Å². The van der Waals surface area contributed by atoms with Crippen LogP contribution in [0.5, 0.6) is 0 Å². The van der Waals surface area contributed by atoms with E-state index in [4.69, 9.17) is 32.9 Å². The summed E-state index contributed by atoms with van der Waals surface area (Å²) in [4.78, 5) is 41.5. The van der Waals surface area contributed by atoms with Crippen LogP contribution in [-0.2, 0) is 32.5 Å². The van der Waals surface area contributed by atoms with Crippen LogP contribution in [0.4, 0.5) is 0 Å². The lowest BCUT2D eigenvalue weighted by Crippen LogP contribution is -2.63. The summed E-state index contributed by atoms with van der Waals surface area (Å²) in [5.74, 6) is 0. The number of piperidine rings is 2. The van der Waals surface area contributed by atoms with E-state index in [0.29, 0.717) is 23.3 Å². The van der Waals surface area contributed by atoms with E-state index in [-0.39, 0.29) is 34.2 Å². The molecule has 0 bridgehead atoms. The fraction of sp³-hybridized carbons (Fsp3) is 0.650. The molecule has 2 fully saturated rings. The highest BCUT2D eigenvalue weighted by Crippen LogP contribution is 2.42. The SMILES string of the molecule is CC1(C)CC(N(C=O)CCCCCCN(C=O)C2CC(C)(C)N(OCc3ccc(Cl)cc3)C(C)(C)C2)CC(C)(C)N1OCc1ccc(Cl)cc1. The molecule has 0 atom stereocenters. The van der Waals surface area contributed by atoms with Gasteiger partial charge in [0.05, 0.1) is 13.2 Å². The molecule has 278 valence electrons. The van der Waals surface area contributed by atoms with E-state index in [1.807, 2.05) is 58.3 Å². The Hall–Kier alpha value is -2.20. The first-order valence-corrected chi connectivity index (χ1v) is 19.0. The topological polar surface area (TPSA) is 65.6 Å². The first-order valence-electron chi connectivity index (χ1n) is 18.2. The molecule has 10 heteroatoms. The molecule has 0 radical (unpaired) electrons. The maximum atomic E-state index is 12.3. The maximum absolute atomic E-state index is 12.3. The lowest BCUT2D eigenvalue weighted by molar-refractivity contribution is -0.294. The maximum Gasteiger partial charge on any atom is 0.209 e. The van der Waals surface area contributed by atoms with Gasteiger partial charge in [-0.15, -0.1) is 0 Å². The summed E-state index contributed by atoms with van der Waals surface area (Å²) < 4.78 is 0. The van der Waals surface area contributed by atoms with Crippen LogP contribution in [0.25, 0.3) is 0 Å². The van der Waals surface area contributed by atoms with Gasteiger partial charge in [0.25, 0.3) is 0 Å². The Bertz CT molecular complexity index is 1240. The zero-order valence-corrected chi connectivity index (χ0v) is 33.1. The van der Waals surface area contributed by atoms with Gasteiger partial charge in [-0.3, -0.25) is 19.3 Å². The third-order valence-corrected chi connectivity index (χ3v) is 11.0. The van der Waals surface area contributed by atoms with Gasteiger partial charge in [-0.05, 0) is 129 Å². The van der Waals surface area contributed by atoms with Crippen molar-refractivity contribution in [3.63, 3.8) is 0 Å². The lowest BCUT2D eigenvalue weighted by atomic mass is 9.78. The van der Waals surface area contributed by atoms with E-state index in [1.54, 1.807) is 0 Å². The molecule has 0 aliphatic carbocycles. The molecule has 2 aliphatic rings. The Kier molecular flexibility index (Phi) is 13.9. The summed E-state index contributed by atoms with van der Waals surface area (Å²) in [6.45, 7) is 20.0. The van der Waals surface area contributed by atoms with Crippen molar-refractivity contribution in [2.24, 2.45) is 0 Å². The third kappa shape index (κ3) is 10.7. The summed E-state index contributed by atoms with van der Waals surface area (Å²) in [5, 5.41) is 5.69. The molecule has 2 aromatic rings. The van der Waals surface area contributed by atoms with Crippen molar-refractivity contribution in [1.29, 1.82) is 0 Å². The molecule has 2 heterocycles. The van der Waals surface area contributed by atoms with Gasteiger partial charge in [-0.1, -0.05) is 60.3 Å². The molecule has 2 aromatic carbocycles. The van der Waals surface area contributed by atoms with E-state index in [1.165, 1.54) is 0 Å². The zero-order chi connectivity index (χ0) is 36.7. The normalized spacial score (nSPS) is 20.8. The van der Waals surface area contributed by atoms with E-state index >= 15 is 0 Å². The van der Waals surface area contributed by atoms with Crippen LogP contribution in [0.3, 0.4) is 0 Å². The Morgan fingerprint density at radius 1 is 0.580 bits per heavy atom. The number of amides is 2. The number of unbranched alkanes of at least 4 members (excludes halogenated alkanes) is 3. The summed E-state index contributed by atoms with van der Waals surface area (Å²) in [6, 6.07) is 15.8. The van der Waals surface area contributed by atoms with Gasteiger partial charge in [0, 0.05) is 57.4 Å². The number of hydrogen-bond donors (Lipinski definition) is 0. The second-order valence-corrected chi connectivity index (χ2v) is 17.7. The van der Waals surface area contributed by atoms with Crippen molar-refractivity contribution < 1.29 is 19.3 Å². The van der Waals surface area contributed by atoms with Gasteiger partial charge in [-0.25, -0.2) is 0 Å². The smallest absolute Gasteiger partial charge is 0.209 e. The number of hydrogen-bond acceptors (Lipinski definition) is 6. The molecule has 4 rings (SSSR count). The Morgan fingerprint density at radius 2 is 0.880 bits per heavy atom. The average Bonchev–Trinajstić information content (AvgIpc) is 3.02. The fourth-order valence-corrected chi connectivity index (χ4v) is 8.87. The van der Waals surface area contributed by atoms with Crippen molar-refractivity contribution in [3.8, 4) is 0 Å². The molecular formula is C40H60Cl2N4O4. The number of halogens is 2. The van der Waals surface area contributed by atoms with Crippen molar-refractivity contribution in [1.82, 2.24) is 19.9 Å². The van der Waals surface area contributed by atoms with Crippen LogP contribution < -0.4 is 0 Å². The Morgan fingerprint density at radius 3 is 1.16 bits per heavy atom. The molecular weight excluding hydrogens is 671 g/mol. The summed E-state index contributed by atoms with van der Waals surface area (Å²) >= 11 is 12.1. The molecule has 0 unspecified atom stereocenters. The standard InChI is InChI=1S/C40H60Cl2N4O4/c1-37(2)23-35(24-38(3,4)45(37)49-27-31-13-17-33(41)18-14-31)43(29-47)21-11-9-10-12-22-44(30-48)36-25-39(5,6)46(40(7,8)26-36)50-28-32-15-19-34(42)20-16-32/h13-20,29-30,35-36H,9-12,21-28H2,1-8H3. The number of benzene rings is 2. The van der Waals surface area contributed by atoms with Crippen molar-refractivity contribution in [3.05, 3.63) is 69.7 Å². The predicted molar refractivity (Wildman–Crippen MR) is 203 cm³/mol.